The number of amides is 2. The summed E-state index contributed by atoms with van der Waals surface area (Å²) in [7, 11) is 0. The average Bonchev–Trinajstić information content (AvgIpc) is 2.55. The summed E-state index contributed by atoms with van der Waals surface area (Å²) in [6.45, 7) is 3.59. The van der Waals surface area contributed by atoms with Crippen LogP contribution in [0.4, 0.5) is 0 Å². The lowest BCUT2D eigenvalue weighted by Gasteiger charge is -2.30. The molecule has 0 atom stereocenters. The second kappa shape index (κ2) is 4.44. The number of carbonyl (C=O) groups excluding carboxylic acids is 2. The van der Waals surface area contributed by atoms with Gasteiger partial charge in [0.1, 0.15) is 12.2 Å². The highest BCUT2D eigenvalue weighted by Crippen LogP contribution is 2.25. The van der Waals surface area contributed by atoms with Crippen molar-refractivity contribution < 1.29 is 9.59 Å². The van der Waals surface area contributed by atoms with E-state index in [-0.39, 0.29) is 18.4 Å². The van der Waals surface area contributed by atoms with E-state index < -0.39 is 5.66 Å². The zero-order valence-electron chi connectivity index (χ0n) is 9.96. The SMILES string of the molecule is CC1(C)NC(=O)CN1C(=O)c1ccc(Cl)c(Cl)c1. The van der Waals surface area contributed by atoms with Gasteiger partial charge in [0, 0.05) is 5.56 Å². The number of hydrogen-bond donors (Lipinski definition) is 1. The summed E-state index contributed by atoms with van der Waals surface area (Å²) in [5.74, 6) is -0.426. The molecule has 1 saturated heterocycles. The van der Waals surface area contributed by atoms with Gasteiger partial charge in [0.2, 0.25) is 5.91 Å². The molecule has 0 spiro atoms. The Hall–Kier alpha value is -1.26. The fraction of sp³-hybridized carbons (Fsp3) is 0.333. The molecule has 0 saturated carbocycles. The third-order valence-corrected chi connectivity index (χ3v) is 3.57. The van der Waals surface area contributed by atoms with Crippen molar-refractivity contribution in [1.82, 2.24) is 10.2 Å². The first-order valence-electron chi connectivity index (χ1n) is 5.39. The largest absolute Gasteiger partial charge is 0.332 e. The summed E-state index contributed by atoms with van der Waals surface area (Å²) in [6, 6.07) is 4.66. The van der Waals surface area contributed by atoms with Gasteiger partial charge >= 0.3 is 0 Å². The molecule has 1 fully saturated rings. The fourth-order valence-corrected chi connectivity index (χ4v) is 2.20. The van der Waals surface area contributed by atoms with Crippen molar-refractivity contribution in [3.05, 3.63) is 33.8 Å². The molecule has 1 aliphatic rings. The fourth-order valence-electron chi connectivity index (χ4n) is 1.90. The molecule has 1 N–H and O–H groups in total. The van der Waals surface area contributed by atoms with Crippen molar-refractivity contribution in [2.45, 2.75) is 19.5 Å². The molecule has 4 nitrogen and oxygen atoms in total. The molecule has 1 heterocycles. The molecule has 96 valence electrons. The number of carbonyl (C=O) groups is 2. The number of benzene rings is 1. The predicted octanol–water partition coefficient (Wildman–Crippen LogP) is 2.30. The molecule has 0 bridgehead atoms. The molecule has 0 radical (unpaired) electrons. The molecule has 2 rings (SSSR count). The number of nitrogens with one attached hydrogen (secondary N) is 1. The lowest BCUT2D eigenvalue weighted by atomic mass is 10.1. The van der Waals surface area contributed by atoms with E-state index in [1.807, 2.05) is 0 Å². The molecule has 0 aromatic heterocycles. The highest BCUT2D eigenvalue weighted by Gasteiger charge is 2.40. The highest BCUT2D eigenvalue weighted by molar-refractivity contribution is 6.42. The normalized spacial score (nSPS) is 17.8. The van der Waals surface area contributed by atoms with E-state index in [4.69, 9.17) is 23.2 Å². The van der Waals surface area contributed by atoms with Crippen LogP contribution in [0.25, 0.3) is 0 Å². The average molecular weight is 287 g/mol. The van der Waals surface area contributed by atoms with E-state index >= 15 is 0 Å². The van der Waals surface area contributed by atoms with Crippen molar-refractivity contribution in [1.29, 1.82) is 0 Å². The molecule has 6 heteroatoms. The first-order valence-corrected chi connectivity index (χ1v) is 6.15. The van der Waals surface area contributed by atoms with Crippen molar-refractivity contribution in [2.24, 2.45) is 0 Å². The van der Waals surface area contributed by atoms with Gasteiger partial charge in [-0.3, -0.25) is 9.59 Å². The minimum absolute atomic E-state index is 0.0477. The first-order chi connectivity index (χ1) is 8.31. The summed E-state index contributed by atoms with van der Waals surface area (Å²) in [4.78, 5) is 25.1. The standard InChI is InChI=1S/C12H12Cl2N2O2/c1-12(2)15-10(17)6-16(12)11(18)7-3-4-8(13)9(14)5-7/h3-5H,6H2,1-2H3,(H,15,17). The van der Waals surface area contributed by atoms with Crippen LogP contribution in [0.3, 0.4) is 0 Å². The summed E-state index contributed by atoms with van der Waals surface area (Å²) < 4.78 is 0. The predicted molar refractivity (Wildman–Crippen MR) is 69.7 cm³/mol. The quantitative estimate of drug-likeness (QED) is 0.861. The van der Waals surface area contributed by atoms with Crippen LogP contribution in [-0.4, -0.2) is 28.9 Å². The van der Waals surface area contributed by atoms with E-state index in [1.54, 1.807) is 26.0 Å². The summed E-state index contributed by atoms with van der Waals surface area (Å²) >= 11 is 11.7. The Morgan fingerprint density at radius 2 is 2.00 bits per heavy atom. The van der Waals surface area contributed by atoms with Crippen LogP contribution in [0.15, 0.2) is 18.2 Å². The molecule has 1 aliphatic heterocycles. The number of nitrogens with zero attached hydrogens (tertiary/aromatic N) is 1. The molecule has 0 unspecified atom stereocenters. The maximum atomic E-state index is 12.3. The molecule has 1 aromatic rings. The van der Waals surface area contributed by atoms with Crippen LogP contribution in [0, 0.1) is 0 Å². The van der Waals surface area contributed by atoms with E-state index in [0.29, 0.717) is 15.6 Å². The molecule has 18 heavy (non-hydrogen) atoms. The van der Waals surface area contributed by atoms with E-state index in [1.165, 1.54) is 11.0 Å². The lowest BCUT2D eigenvalue weighted by Crippen LogP contribution is -2.49. The van der Waals surface area contributed by atoms with E-state index in [2.05, 4.69) is 5.32 Å². The van der Waals surface area contributed by atoms with Crippen molar-refractivity contribution in [3.8, 4) is 0 Å². The summed E-state index contributed by atoms with van der Waals surface area (Å²) in [5.41, 5.74) is -0.283. The van der Waals surface area contributed by atoms with Gasteiger partial charge in [-0.25, -0.2) is 0 Å². The Morgan fingerprint density at radius 1 is 1.33 bits per heavy atom. The lowest BCUT2D eigenvalue weighted by molar-refractivity contribution is -0.118. The zero-order valence-corrected chi connectivity index (χ0v) is 11.5. The Balaban J connectivity index is 2.31. The topological polar surface area (TPSA) is 49.4 Å². The van der Waals surface area contributed by atoms with Crippen LogP contribution in [0.2, 0.25) is 10.0 Å². The number of hydrogen-bond acceptors (Lipinski definition) is 2. The molecular weight excluding hydrogens is 275 g/mol. The first kappa shape index (κ1) is 13.2. The van der Waals surface area contributed by atoms with E-state index in [9.17, 15) is 9.59 Å². The van der Waals surface area contributed by atoms with Gasteiger partial charge in [0.25, 0.3) is 5.91 Å². The van der Waals surface area contributed by atoms with Gasteiger partial charge in [-0.2, -0.15) is 0 Å². The second-order valence-electron chi connectivity index (χ2n) is 4.63. The van der Waals surface area contributed by atoms with Gasteiger partial charge in [-0.05, 0) is 32.0 Å². The number of halogens is 2. The summed E-state index contributed by atoms with van der Waals surface area (Å²) in [5, 5.41) is 3.44. The third kappa shape index (κ3) is 2.31. The van der Waals surface area contributed by atoms with Crippen LogP contribution >= 0.6 is 23.2 Å². The van der Waals surface area contributed by atoms with Gasteiger partial charge in [0.15, 0.2) is 0 Å². The van der Waals surface area contributed by atoms with Gasteiger partial charge in [-0.1, -0.05) is 23.2 Å². The molecule has 2 amide bonds. The van der Waals surface area contributed by atoms with Crippen LogP contribution in [0.1, 0.15) is 24.2 Å². The zero-order chi connectivity index (χ0) is 13.5. The Labute approximate surface area is 115 Å². The molecular formula is C12H12Cl2N2O2. The third-order valence-electron chi connectivity index (χ3n) is 2.83. The molecule has 1 aromatic carbocycles. The highest BCUT2D eigenvalue weighted by atomic mass is 35.5. The minimum Gasteiger partial charge on any atom is -0.332 e. The van der Waals surface area contributed by atoms with Crippen LogP contribution in [0.5, 0.6) is 0 Å². The van der Waals surface area contributed by atoms with Gasteiger partial charge < -0.3 is 10.2 Å². The van der Waals surface area contributed by atoms with Crippen molar-refractivity contribution in [2.75, 3.05) is 6.54 Å². The Morgan fingerprint density at radius 3 is 2.50 bits per heavy atom. The van der Waals surface area contributed by atoms with Crippen molar-refractivity contribution in [3.63, 3.8) is 0 Å². The maximum Gasteiger partial charge on any atom is 0.256 e. The van der Waals surface area contributed by atoms with Crippen LogP contribution in [-0.2, 0) is 4.79 Å². The smallest absolute Gasteiger partial charge is 0.256 e. The Kier molecular flexibility index (Phi) is 3.25. The summed E-state index contributed by atoms with van der Waals surface area (Å²) in [6.07, 6.45) is 0. The number of rotatable bonds is 1. The maximum absolute atomic E-state index is 12.3. The Bertz CT molecular complexity index is 529. The second-order valence-corrected chi connectivity index (χ2v) is 5.44. The van der Waals surface area contributed by atoms with E-state index in [0.717, 1.165) is 0 Å². The minimum atomic E-state index is -0.694. The van der Waals surface area contributed by atoms with Crippen LogP contribution < -0.4 is 5.32 Å². The molecule has 0 aliphatic carbocycles. The van der Waals surface area contributed by atoms with Crippen molar-refractivity contribution >= 4 is 35.0 Å². The van der Waals surface area contributed by atoms with Gasteiger partial charge in [0.05, 0.1) is 10.0 Å². The van der Waals surface area contributed by atoms with Gasteiger partial charge in [-0.15, -0.1) is 0 Å². The monoisotopic (exact) mass is 286 g/mol.